The standard InChI is InChI=1S/C33H39ClN6O4.C29H37ClN6O/c1-21-17-24(18-40(21)29(41)12-13-30(42)43)38(3)32-25-14-16-39(28-11-5-8-22-7-4-10-26(34)31(22)28)19-27(25)35-33(36-32)44-20-23-9-6-15-37(23)2;1-19-15-22(16-31-19)35(3)28-23-12-14-36(26-11-5-8-20-7-4-10-24(30)27(20)26)17-25(23)32-29(33-28)37-18-21-9-6-13-34(21)2/h4-5,7-8,10-13,21,23-24H,6,9,14-20H2,1-3H3,(H,42,43);4-5,7-8,10-11,19,21-22,31H,6,9,12-18H2,1-3H3/b13-12+;/t21-,23?,24-;19-,21?,22-/m11/s1. The first-order chi connectivity index (χ1) is 39.2. The van der Waals surface area contributed by atoms with Gasteiger partial charge in [0, 0.05) is 122 Å². The van der Waals surface area contributed by atoms with E-state index in [1.807, 2.05) is 38.2 Å². The number of hydrogen-bond acceptors (Lipinski definition) is 15. The summed E-state index contributed by atoms with van der Waals surface area (Å²) in [5, 5.41) is 18.5. The molecule has 0 radical (unpaired) electrons. The number of likely N-dealkylation sites (tertiary alicyclic amines) is 3. The molecular formula is C62H76Cl2N12O5. The van der Waals surface area contributed by atoms with Crippen molar-refractivity contribution < 1.29 is 24.2 Å². The molecule has 0 aliphatic carbocycles. The summed E-state index contributed by atoms with van der Waals surface area (Å²) in [6.45, 7) is 12.0. The van der Waals surface area contributed by atoms with Crippen molar-refractivity contribution in [2.45, 2.75) is 115 Å². The van der Waals surface area contributed by atoms with Crippen LogP contribution in [0, 0.1) is 0 Å². The summed E-state index contributed by atoms with van der Waals surface area (Å²) in [7, 11) is 8.50. The van der Waals surface area contributed by atoms with Gasteiger partial charge in [0.05, 0.1) is 34.5 Å². The Labute approximate surface area is 485 Å². The number of likely N-dealkylation sites (N-methyl/N-ethyl adjacent to an activating group) is 4. The number of anilines is 4. The molecule has 12 rings (SSSR count). The van der Waals surface area contributed by atoms with E-state index in [2.05, 4.69) is 111 Å². The van der Waals surface area contributed by atoms with Gasteiger partial charge in [-0.3, -0.25) is 4.79 Å². The molecule has 6 aromatic rings. The van der Waals surface area contributed by atoms with E-state index < -0.39 is 5.97 Å². The summed E-state index contributed by atoms with van der Waals surface area (Å²) >= 11 is 13.4. The molecule has 0 bridgehead atoms. The molecule has 4 aromatic carbocycles. The number of aliphatic carboxylic acids is 1. The van der Waals surface area contributed by atoms with Crippen molar-refractivity contribution in [1.29, 1.82) is 0 Å². The molecule has 8 heterocycles. The molecule has 2 N–H and O–H groups in total. The number of aromatic nitrogens is 4. The van der Waals surface area contributed by atoms with Crippen molar-refractivity contribution in [3.05, 3.63) is 118 Å². The minimum absolute atomic E-state index is 0.00916. The largest absolute Gasteiger partial charge is 0.478 e. The van der Waals surface area contributed by atoms with Gasteiger partial charge in [-0.25, -0.2) is 4.79 Å². The van der Waals surface area contributed by atoms with Crippen LogP contribution in [0.15, 0.2) is 84.9 Å². The fourth-order valence-corrected chi connectivity index (χ4v) is 13.6. The summed E-state index contributed by atoms with van der Waals surface area (Å²) < 4.78 is 12.6. The summed E-state index contributed by atoms with van der Waals surface area (Å²) in [4.78, 5) is 59.4. The van der Waals surface area contributed by atoms with Crippen LogP contribution in [0.25, 0.3) is 21.5 Å². The van der Waals surface area contributed by atoms with Crippen molar-refractivity contribution in [2.24, 2.45) is 0 Å². The summed E-state index contributed by atoms with van der Waals surface area (Å²) in [5.41, 5.74) is 6.55. The van der Waals surface area contributed by atoms with E-state index in [0.717, 1.165) is 161 Å². The van der Waals surface area contributed by atoms with Gasteiger partial charge < -0.3 is 54.2 Å². The zero-order valence-corrected chi connectivity index (χ0v) is 49.0. The Morgan fingerprint density at radius 3 is 1.63 bits per heavy atom. The van der Waals surface area contributed by atoms with E-state index in [9.17, 15) is 9.59 Å². The number of carboxylic acids is 1. The molecule has 17 nitrogen and oxygen atoms in total. The topological polar surface area (TPSA) is 159 Å². The lowest BCUT2D eigenvalue weighted by molar-refractivity contribution is -0.132. The van der Waals surface area contributed by atoms with Crippen LogP contribution in [0.3, 0.4) is 0 Å². The first kappa shape index (κ1) is 56.4. The average molecular weight is 1140 g/mol. The van der Waals surface area contributed by atoms with Crippen molar-refractivity contribution in [1.82, 2.24) is 40.0 Å². The highest BCUT2D eigenvalue weighted by Gasteiger charge is 2.37. The first-order valence-electron chi connectivity index (χ1n) is 28.9. The van der Waals surface area contributed by atoms with Crippen molar-refractivity contribution in [3.8, 4) is 12.0 Å². The number of rotatable bonds is 14. The number of benzene rings is 4. The smallest absolute Gasteiger partial charge is 0.328 e. The molecule has 0 spiro atoms. The van der Waals surface area contributed by atoms with Crippen molar-refractivity contribution in [2.75, 3.05) is 100 Å². The van der Waals surface area contributed by atoms with Crippen LogP contribution in [0.2, 0.25) is 10.0 Å². The van der Waals surface area contributed by atoms with E-state index in [1.165, 1.54) is 12.0 Å². The molecule has 4 fully saturated rings. The summed E-state index contributed by atoms with van der Waals surface area (Å²) in [5.74, 6) is 0.418. The third-order valence-corrected chi connectivity index (χ3v) is 18.5. The molecule has 428 valence electrons. The van der Waals surface area contributed by atoms with Crippen molar-refractivity contribution >= 4 is 79.6 Å². The van der Waals surface area contributed by atoms with Gasteiger partial charge in [0.1, 0.15) is 24.8 Å². The second-order valence-electron chi connectivity index (χ2n) is 23.1. The van der Waals surface area contributed by atoms with Crippen LogP contribution < -0.4 is 34.4 Å². The van der Waals surface area contributed by atoms with Gasteiger partial charge in [-0.1, -0.05) is 71.7 Å². The van der Waals surface area contributed by atoms with Crippen LogP contribution >= 0.6 is 23.2 Å². The Hall–Kier alpha value is -6.50. The van der Waals surface area contributed by atoms with Gasteiger partial charge in [0.2, 0.25) is 5.91 Å². The number of nitrogens with one attached hydrogen (secondary N) is 1. The maximum absolute atomic E-state index is 12.8. The van der Waals surface area contributed by atoms with Crippen LogP contribution in [0.5, 0.6) is 12.0 Å². The fourth-order valence-electron chi connectivity index (χ4n) is 13.1. The Kier molecular flexibility index (Phi) is 17.1. The average Bonchev–Trinajstić information content (AvgIpc) is 4.47. The number of carboxylic acid groups (broad SMARTS) is 1. The highest BCUT2D eigenvalue weighted by atomic mass is 35.5. The Balaban J connectivity index is 0.000000173. The van der Waals surface area contributed by atoms with E-state index >= 15 is 0 Å². The second kappa shape index (κ2) is 24.5. The predicted octanol–water partition coefficient (Wildman–Crippen LogP) is 8.89. The molecule has 6 atom stereocenters. The lowest BCUT2D eigenvalue weighted by Crippen LogP contribution is -2.39. The molecule has 81 heavy (non-hydrogen) atoms. The monoisotopic (exact) mass is 1140 g/mol. The third-order valence-electron chi connectivity index (χ3n) is 17.8. The summed E-state index contributed by atoms with van der Waals surface area (Å²) in [6, 6.07) is 27.3. The van der Waals surface area contributed by atoms with Gasteiger partial charge in [-0.15, -0.1) is 0 Å². The minimum Gasteiger partial charge on any atom is -0.478 e. The van der Waals surface area contributed by atoms with E-state index in [4.69, 9.17) is 57.7 Å². The van der Waals surface area contributed by atoms with E-state index in [1.54, 1.807) is 4.90 Å². The number of hydrogen-bond donors (Lipinski definition) is 2. The van der Waals surface area contributed by atoms with E-state index in [-0.39, 0.29) is 18.0 Å². The lowest BCUT2D eigenvalue weighted by Gasteiger charge is -2.35. The van der Waals surface area contributed by atoms with Crippen LogP contribution in [0.1, 0.15) is 74.9 Å². The molecular weight excluding hydrogens is 1060 g/mol. The lowest BCUT2D eigenvalue weighted by atomic mass is 10.0. The fraction of sp³-hybridized carbons (Fsp3) is 0.484. The number of ether oxygens (including phenoxy) is 2. The molecule has 19 heteroatoms. The zero-order valence-electron chi connectivity index (χ0n) is 47.5. The molecule has 1 amide bonds. The minimum atomic E-state index is -1.14. The SMILES string of the molecule is C[C@@H]1C[C@@H](N(C)c2nc(OCC3CCCN3C)nc3c2CCN(c2cccc4cccc(Cl)c24)C3)CN1.C[C@@H]1C[C@@H](N(C)c2nc(OCC3CCCN3C)nc3c2CCN(c2cccc4cccc(Cl)c24)C3)CN1C(=O)/C=C/C(=O)O. The van der Waals surface area contributed by atoms with Crippen LogP contribution in [-0.2, 0) is 35.5 Å². The number of nitrogens with zero attached hydrogens (tertiary/aromatic N) is 11. The quantitative estimate of drug-likeness (QED) is 0.0996. The van der Waals surface area contributed by atoms with Gasteiger partial charge >= 0.3 is 18.0 Å². The molecule has 6 aliphatic rings. The molecule has 4 saturated heterocycles. The number of halogens is 2. The highest BCUT2D eigenvalue weighted by molar-refractivity contribution is 6.37. The molecule has 0 saturated carbocycles. The highest BCUT2D eigenvalue weighted by Crippen LogP contribution is 2.40. The molecule has 2 unspecified atom stereocenters. The van der Waals surface area contributed by atoms with Gasteiger partial charge in [-0.2, -0.15) is 19.9 Å². The van der Waals surface area contributed by atoms with E-state index in [0.29, 0.717) is 69.0 Å². The number of carbonyl (C=O) groups is 2. The maximum Gasteiger partial charge on any atom is 0.328 e. The van der Waals surface area contributed by atoms with Gasteiger partial charge in [0.25, 0.3) is 0 Å². The Morgan fingerprint density at radius 1 is 0.679 bits per heavy atom. The predicted molar refractivity (Wildman–Crippen MR) is 323 cm³/mol. The molecule has 2 aromatic heterocycles. The first-order valence-corrected chi connectivity index (χ1v) is 29.6. The maximum atomic E-state index is 12.8. The Bertz CT molecular complexity index is 3300. The summed E-state index contributed by atoms with van der Waals surface area (Å²) in [6.07, 6.45) is 10.1. The third kappa shape index (κ3) is 12.2. The van der Waals surface area contributed by atoms with Crippen LogP contribution in [0.4, 0.5) is 23.0 Å². The van der Waals surface area contributed by atoms with Gasteiger partial charge in [0.15, 0.2) is 0 Å². The number of carbonyl (C=O) groups excluding carboxylic acids is 1. The number of fused-ring (bicyclic) bond motifs is 4. The van der Waals surface area contributed by atoms with Gasteiger partial charge in [-0.05, 0) is 127 Å². The Morgan fingerprint density at radius 2 is 1.17 bits per heavy atom. The molecule has 6 aliphatic heterocycles. The van der Waals surface area contributed by atoms with Crippen molar-refractivity contribution in [3.63, 3.8) is 0 Å². The van der Waals surface area contributed by atoms with Crippen LogP contribution in [-0.4, -0.2) is 169 Å². The normalized spacial score (nSPS) is 23.0. The zero-order chi connectivity index (χ0) is 56.5. The number of amides is 1. The second-order valence-corrected chi connectivity index (χ2v) is 23.9.